The molecule has 0 aromatic carbocycles. The van der Waals surface area contributed by atoms with E-state index in [1.54, 1.807) is 0 Å². The van der Waals surface area contributed by atoms with Gasteiger partial charge in [0.15, 0.2) is 0 Å². The van der Waals surface area contributed by atoms with Gasteiger partial charge in [0.05, 0.1) is 0 Å². The highest BCUT2D eigenvalue weighted by atomic mass is 31.2. The molecule has 4 nitrogen and oxygen atoms in total. The van der Waals surface area contributed by atoms with Crippen LogP contribution in [-0.4, -0.2) is 15.1 Å². The fourth-order valence-electron chi connectivity index (χ4n) is 0.680. The molecule has 0 bridgehead atoms. The van der Waals surface area contributed by atoms with Gasteiger partial charge in [0.25, 0.3) is 0 Å². The van der Waals surface area contributed by atoms with E-state index in [1.807, 2.05) is 6.92 Å². The predicted octanol–water partition coefficient (Wildman–Crippen LogP) is 1.03. The van der Waals surface area contributed by atoms with Crippen LogP contribution in [0.15, 0.2) is 0 Å². The van der Waals surface area contributed by atoms with Crippen LogP contribution in [0.3, 0.4) is 0 Å². The Bertz CT molecular complexity index is 163. The zero-order valence-corrected chi connectivity index (χ0v) is 7.84. The van der Waals surface area contributed by atoms with E-state index in [-0.39, 0.29) is 0 Å². The Hall–Kier alpha value is 0.110. The van der Waals surface area contributed by atoms with E-state index in [4.69, 9.17) is 15.5 Å². The summed E-state index contributed by atoms with van der Waals surface area (Å²) in [6.45, 7) is 3.35. The second kappa shape index (κ2) is 3.68. The molecule has 0 rings (SSSR count). The molecular weight excluding hydrogens is 165 g/mol. The van der Waals surface area contributed by atoms with Crippen molar-refractivity contribution in [1.29, 1.82) is 0 Å². The van der Waals surface area contributed by atoms with Crippen molar-refractivity contribution in [2.24, 2.45) is 5.73 Å². The molecule has 0 aliphatic heterocycles. The van der Waals surface area contributed by atoms with Crippen LogP contribution in [0, 0.1) is 0 Å². The van der Waals surface area contributed by atoms with Crippen LogP contribution in [0.25, 0.3) is 0 Å². The maximum atomic E-state index is 10.7. The molecule has 0 aromatic heterocycles. The summed E-state index contributed by atoms with van der Waals surface area (Å²) in [5.41, 5.74) is 5.42. The topological polar surface area (TPSA) is 83.6 Å². The van der Waals surface area contributed by atoms with Crippen LogP contribution in [-0.2, 0) is 4.57 Å². The second-order valence-corrected chi connectivity index (χ2v) is 5.11. The van der Waals surface area contributed by atoms with Gasteiger partial charge in [-0.1, -0.05) is 19.8 Å². The molecule has 0 saturated heterocycles. The lowest BCUT2D eigenvalue weighted by atomic mass is 10.1. The number of unbranched alkanes of at least 4 members (excludes halogenated alkanes) is 1. The fraction of sp³-hybridized carbons (Fsp3) is 1.00. The average Bonchev–Trinajstić information content (AvgIpc) is 1.81. The lowest BCUT2D eigenvalue weighted by molar-refractivity contribution is 0.322. The van der Waals surface area contributed by atoms with Crippen molar-refractivity contribution >= 4 is 7.60 Å². The zero-order valence-electron chi connectivity index (χ0n) is 6.95. The van der Waals surface area contributed by atoms with Crippen LogP contribution in [0.2, 0.25) is 0 Å². The van der Waals surface area contributed by atoms with Gasteiger partial charge < -0.3 is 15.5 Å². The Kier molecular flexibility index (Phi) is 3.71. The summed E-state index contributed by atoms with van der Waals surface area (Å²) in [5.74, 6) is 0. The largest absolute Gasteiger partial charge is 0.344 e. The second-order valence-electron chi connectivity index (χ2n) is 3.00. The van der Waals surface area contributed by atoms with Crippen LogP contribution >= 0.6 is 7.60 Å². The third-order valence-electron chi connectivity index (χ3n) is 1.70. The fourth-order valence-corrected chi connectivity index (χ4v) is 1.13. The van der Waals surface area contributed by atoms with Gasteiger partial charge >= 0.3 is 7.60 Å². The molecule has 1 unspecified atom stereocenters. The summed E-state index contributed by atoms with van der Waals surface area (Å²) in [5, 5.41) is -1.34. The first-order valence-electron chi connectivity index (χ1n) is 3.66. The summed E-state index contributed by atoms with van der Waals surface area (Å²) < 4.78 is 10.7. The molecule has 0 spiro atoms. The quantitative estimate of drug-likeness (QED) is 0.565. The SMILES string of the molecule is CCCCC(C)(N)P(=O)(O)O. The standard InChI is InChI=1S/C6H16NO3P/c1-3-4-5-6(2,7)11(8,9)10/h3-5,7H2,1-2H3,(H2,8,9,10). The first-order valence-corrected chi connectivity index (χ1v) is 5.27. The molecule has 0 radical (unpaired) electrons. The first-order chi connectivity index (χ1) is 4.81. The first kappa shape index (κ1) is 11.1. The van der Waals surface area contributed by atoms with Gasteiger partial charge in [-0.3, -0.25) is 4.57 Å². The van der Waals surface area contributed by atoms with Gasteiger partial charge in [-0.05, 0) is 13.3 Å². The Balaban J connectivity index is 4.11. The Morgan fingerprint density at radius 2 is 2.00 bits per heavy atom. The molecular formula is C6H16NO3P. The molecule has 0 amide bonds. The third kappa shape index (κ3) is 3.34. The van der Waals surface area contributed by atoms with Crippen LogP contribution in [0.5, 0.6) is 0 Å². The molecule has 5 heteroatoms. The molecule has 0 heterocycles. The molecule has 0 aliphatic rings. The summed E-state index contributed by atoms with van der Waals surface area (Å²) >= 11 is 0. The van der Waals surface area contributed by atoms with E-state index in [0.29, 0.717) is 6.42 Å². The molecule has 1 atom stereocenters. The summed E-state index contributed by atoms with van der Waals surface area (Å²) in [6.07, 6.45) is 2.01. The lowest BCUT2D eigenvalue weighted by Gasteiger charge is -2.25. The minimum Gasteiger partial charge on any atom is -0.323 e. The van der Waals surface area contributed by atoms with E-state index in [9.17, 15) is 4.57 Å². The predicted molar refractivity (Wildman–Crippen MR) is 44.2 cm³/mol. The summed E-state index contributed by atoms with van der Waals surface area (Å²) in [4.78, 5) is 17.5. The van der Waals surface area contributed by atoms with Crippen molar-refractivity contribution in [3.63, 3.8) is 0 Å². The lowest BCUT2D eigenvalue weighted by Crippen LogP contribution is -2.35. The van der Waals surface area contributed by atoms with Gasteiger partial charge in [0, 0.05) is 0 Å². The van der Waals surface area contributed by atoms with Gasteiger partial charge in [-0.2, -0.15) is 0 Å². The van der Waals surface area contributed by atoms with Crippen molar-refractivity contribution < 1.29 is 14.4 Å². The zero-order chi connectivity index (χ0) is 9.12. The highest BCUT2D eigenvalue weighted by Gasteiger charge is 2.37. The van der Waals surface area contributed by atoms with Crippen molar-refractivity contribution in [3.05, 3.63) is 0 Å². The molecule has 0 fully saturated rings. The van der Waals surface area contributed by atoms with E-state index >= 15 is 0 Å². The molecule has 68 valence electrons. The third-order valence-corrected chi connectivity index (χ3v) is 3.26. The summed E-state index contributed by atoms with van der Waals surface area (Å²) in [7, 11) is -4.12. The minimum absolute atomic E-state index is 0.369. The Morgan fingerprint density at radius 1 is 1.55 bits per heavy atom. The van der Waals surface area contributed by atoms with E-state index < -0.39 is 12.9 Å². The van der Waals surface area contributed by atoms with Crippen molar-refractivity contribution in [2.75, 3.05) is 0 Å². The number of nitrogens with two attached hydrogens (primary N) is 1. The molecule has 0 aliphatic carbocycles. The van der Waals surface area contributed by atoms with Gasteiger partial charge in [0.2, 0.25) is 0 Å². The molecule has 11 heavy (non-hydrogen) atoms. The van der Waals surface area contributed by atoms with Crippen LogP contribution < -0.4 is 5.73 Å². The summed E-state index contributed by atoms with van der Waals surface area (Å²) in [6, 6.07) is 0. The van der Waals surface area contributed by atoms with Crippen LogP contribution in [0.4, 0.5) is 0 Å². The van der Waals surface area contributed by atoms with Gasteiger partial charge in [-0.25, -0.2) is 0 Å². The smallest absolute Gasteiger partial charge is 0.323 e. The van der Waals surface area contributed by atoms with Gasteiger partial charge in [0.1, 0.15) is 5.28 Å². The minimum atomic E-state index is -4.12. The van der Waals surface area contributed by atoms with E-state index in [1.165, 1.54) is 6.92 Å². The van der Waals surface area contributed by atoms with E-state index in [2.05, 4.69) is 0 Å². The Morgan fingerprint density at radius 3 is 2.27 bits per heavy atom. The number of hydrogen-bond donors (Lipinski definition) is 3. The van der Waals surface area contributed by atoms with E-state index in [0.717, 1.165) is 12.8 Å². The highest BCUT2D eigenvalue weighted by Crippen LogP contribution is 2.49. The highest BCUT2D eigenvalue weighted by molar-refractivity contribution is 7.53. The number of hydrogen-bond acceptors (Lipinski definition) is 2. The molecule has 0 saturated carbocycles. The Labute approximate surface area is 67.0 Å². The van der Waals surface area contributed by atoms with Crippen molar-refractivity contribution in [1.82, 2.24) is 0 Å². The monoisotopic (exact) mass is 181 g/mol. The van der Waals surface area contributed by atoms with Crippen molar-refractivity contribution in [3.8, 4) is 0 Å². The maximum absolute atomic E-state index is 10.7. The molecule has 0 aromatic rings. The maximum Gasteiger partial charge on any atom is 0.344 e. The average molecular weight is 181 g/mol. The van der Waals surface area contributed by atoms with Crippen molar-refractivity contribution in [2.45, 2.75) is 38.4 Å². The van der Waals surface area contributed by atoms with Crippen LogP contribution in [0.1, 0.15) is 33.1 Å². The normalized spacial score (nSPS) is 17.9. The number of rotatable bonds is 4. The van der Waals surface area contributed by atoms with Gasteiger partial charge in [-0.15, -0.1) is 0 Å². The molecule has 4 N–H and O–H groups in total.